The van der Waals surface area contributed by atoms with Gasteiger partial charge < -0.3 is 14.4 Å². The molecule has 0 unspecified atom stereocenters. The lowest BCUT2D eigenvalue weighted by molar-refractivity contribution is -0.111. The van der Waals surface area contributed by atoms with Crippen molar-refractivity contribution in [3.05, 3.63) is 88.7 Å². The highest BCUT2D eigenvalue weighted by Gasteiger charge is 2.43. The van der Waals surface area contributed by atoms with Crippen LogP contribution >= 0.6 is 11.6 Å². The number of nitrogens with zero attached hydrogens (tertiary/aromatic N) is 3. The van der Waals surface area contributed by atoms with E-state index >= 15 is 0 Å². The van der Waals surface area contributed by atoms with Gasteiger partial charge in [0.05, 0.1) is 12.8 Å². The number of benzene rings is 3. The van der Waals surface area contributed by atoms with Crippen LogP contribution in [0.5, 0.6) is 11.5 Å². The summed E-state index contributed by atoms with van der Waals surface area (Å²) in [5, 5.41) is 7.32. The van der Waals surface area contributed by atoms with E-state index in [1.807, 2.05) is 35.3 Å². The zero-order valence-electron chi connectivity index (χ0n) is 21.6. The number of carbonyl (C=O) groups is 1. The molecule has 1 saturated carbocycles. The molecule has 1 atom stereocenters. The van der Waals surface area contributed by atoms with Gasteiger partial charge in [0.15, 0.2) is 29.3 Å². The number of para-hydroxylation sites is 1. The number of anilines is 1. The number of hydrogen-bond donors (Lipinski definition) is 0. The highest BCUT2D eigenvalue weighted by molar-refractivity contribution is 6.38. The van der Waals surface area contributed by atoms with Crippen molar-refractivity contribution >= 4 is 28.9 Å². The predicted octanol–water partition coefficient (Wildman–Crippen LogP) is 7.12. The molecule has 38 heavy (non-hydrogen) atoms. The van der Waals surface area contributed by atoms with Gasteiger partial charge in [-0.1, -0.05) is 61.2 Å². The first-order valence-electron chi connectivity index (χ1n) is 12.9. The van der Waals surface area contributed by atoms with E-state index in [4.69, 9.17) is 26.2 Å². The molecule has 0 aromatic heterocycles. The lowest BCUT2D eigenvalue weighted by Gasteiger charge is -2.39. The van der Waals surface area contributed by atoms with E-state index in [0.29, 0.717) is 27.9 Å². The third-order valence-electron chi connectivity index (χ3n) is 7.15. The minimum absolute atomic E-state index is 0.0254. The van der Waals surface area contributed by atoms with E-state index in [2.05, 4.69) is 4.90 Å². The average Bonchev–Trinajstić information content (AvgIpc) is 3.34. The Balaban J connectivity index is 1.63. The Morgan fingerprint density at radius 3 is 2.45 bits per heavy atom. The van der Waals surface area contributed by atoms with Gasteiger partial charge in [-0.2, -0.15) is 0 Å². The summed E-state index contributed by atoms with van der Waals surface area (Å²) in [6, 6.07) is 19.8. The first-order chi connectivity index (χ1) is 18.5. The highest BCUT2D eigenvalue weighted by atomic mass is 35.5. The molecule has 8 heteroatoms. The van der Waals surface area contributed by atoms with E-state index in [9.17, 15) is 9.18 Å². The fourth-order valence-electron chi connectivity index (χ4n) is 5.32. The van der Waals surface area contributed by atoms with Crippen LogP contribution in [0.3, 0.4) is 0 Å². The van der Waals surface area contributed by atoms with Gasteiger partial charge in [-0.15, -0.1) is 5.10 Å². The fourth-order valence-corrected chi connectivity index (χ4v) is 5.44. The first-order valence-corrected chi connectivity index (χ1v) is 13.3. The van der Waals surface area contributed by atoms with E-state index in [1.165, 1.54) is 12.5 Å². The largest absolute Gasteiger partial charge is 0.493 e. The molecule has 0 N–H and O–H groups in total. The quantitative estimate of drug-likeness (QED) is 0.307. The van der Waals surface area contributed by atoms with Gasteiger partial charge in [0.25, 0.3) is 0 Å². The summed E-state index contributed by atoms with van der Waals surface area (Å²) < 4.78 is 26.4. The summed E-state index contributed by atoms with van der Waals surface area (Å²) in [6.45, 7) is 1.58. The molecule has 1 fully saturated rings. The number of halogens is 2. The SMILES string of the molecule is COc1cccc([C@H]2N(c3ccc(Cl)cc3)N=C(C(C)=O)N2C2CCCCC2)c1OCc1ccccc1F. The second-order valence-electron chi connectivity index (χ2n) is 9.63. The maximum Gasteiger partial charge on any atom is 0.196 e. The molecule has 6 nitrogen and oxygen atoms in total. The second kappa shape index (κ2) is 11.4. The van der Waals surface area contributed by atoms with Crippen LogP contribution in [0.1, 0.15) is 56.3 Å². The molecule has 2 aliphatic rings. The first kappa shape index (κ1) is 26.0. The number of ketones is 1. The summed E-state index contributed by atoms with van der Waals surface area (Å²) in [7, 11) is 1.58. The van der Waals surface area contributed by atoms with E-state index in [0.717, 1.165) is 36.9 Å². The van der Waals surface area contributed by atoms with Gasteiger partial charge in [0.1, 0.15) is 12.4 Å². The van der Waals surface area contributed by atoms with Gasteiger partial charge in [0.2, 0.25) is 0 Å². The molecule has 3 aromatic rings. The number of rotatable bonds is 8. The fraction of sp³-hybridized carbons (Fsp3) is 0.333. The van der Waals surface area contributed by atoms with Crippen LogP contribution in [0.4, 0.5) is 10.1 Å². The molecule has 0 radical (unpaired) electrons. The standard InChI is InChI=1S/C30H31ClFN3O3/c1-20(36)29-33-35(24-17-15-22(31)16-18-24)30(34(29)23-10-4-3-5-11-23)25-12-8-14-27(37-2)28(25)38-19-21-9-6-7-13-26(21)32/h6-9,12-18,23,30H,3-5,10-11,19H2,1-2H3/t30-/m1/s1. The van der Waals surface area contributed by atoms with Crippen LogP contribution in [-0.4, -0.2) is 29.7 Å². The summed E-state index contributed by atoms with van der Waals surface area (Å²) in [5.74, 6) is 0.991. The Kier molecular flexibility index (Phi) is 7.84. The number of methoxy groups -OCH3 is 1. The monoisotopic (exact) mass is 535 g/mol. The summed E-state index contributed by atoms with van der Waals surface area (Å²) in [5.41, 5.74) is 2.01. The lowest BCUT2D eigenvalue weighted by atomic mass is 9.92. The Morgan fingerprint density at radius 2 is 1.76 bits per heavy atom. The molecule has 5 rings (SSSR count). The summed E-state index contributed by atoms with van der Waals surface area (Å²) in [4.78, 5) is 15.1. The smallest absolute Gasteiger partial charge is 0.196 e. The summed E-state index contributed by atoms with van der Waals surface area (Å²) in [6.07, 6.45) is 4.82. The van der Waals surface area contributed by atoms with Gasteiger partial charge in [0, 0.05) is 29.1 Å². The van der Waals surface area contributed by atoms with Crippen molar-refractivity contribution in [1.29, 1.82) is 0 Å². The topological polar surface area (TPSA) is 54.4 Å². The number of carbonyl (C=O) groups excluding carboxylic acids is 1. The van der Waals surface area contributed by atoms with Crippen LogP contribution in [-0.2, 0) is 11.4 Å². The maximum atomic E-state index is 14.4. The van der Waals surface area contributed by atoms with Crippen molar-refractivity contribution in [1.82, 2.24) is 4.90 Å². The van der Waals surface area contributed by atoms with Crippen molar-refractivity contribution in [2.75, 3.05) is 12.1 Å². The van der Waals surface area contributed by atoms with E-state index in [1.54, 1.807) is 44.4 Å². The van der Waals surface area contributed by atoms with Crippen LogP contribution in [0.25, 0.3) is 0 Å². The molecular weight excluding hydrogens is 505 g/mol. The van der Waals surface area contributed by atoms with Crippen LogP contribution in [0.15, 0.2) is 71.8 Å². The minimum Gasteiger partial charge on any atom is -0.493 e. The molecule has 0 saturated heterocycles. The maximum absolute atomic E-state index is 14.4. The number of hydrogen-bond acceptors (Lipinski definition) is 6. The van der Waals surface area contributed by atoms with Crippen molar-refractivity contribution in [3.8, 4) is 11.5 Å². The molecule has 3 aromatic carbocycles. The third-order valence-corrected chi connectivity index (χ3v) is 7.41. The highest BCUT2D eigenvalue weighted by Crippen LogP contribution is 2.46. The Hall–Kier alpha value is -3.58. The van der Waals surface area contributed by atoms with Gasteiger partial charge >= 0.3 is 0 Å². The number of amidine groups is 1. The molecule has 1 aliphatic carbocycles. The molecule has 0 bridgehead atoms. The molecule has 1 aliphatic heterocycles. The number of hydrazone groups is 1. The Labute approximate surface area is 227 Å². The van der Waals surface area contributed by atoms with Gasteiger partial charge in [-0.3, -0.25) is 4.79 Å². The van der Waals surface area contributed by atoms with Crippen molar-refractivity contribution < 1.29 is 18.7 Å². The Bertz CT molecular complexity index is 1320. The van der Waals surface area contributed by atoms with Gasteiger partial charge in [-0.05, 0) is 49.2 Å². The van der Waals surface area contributed by atoms with E-state index in [-0.39, 0.29) is 24.2 Å². The average molecular weight is 536 g/mol. The number of Topliss-reactive ketones (excluding diaryl/α,β-unsaturated/α-hetero) is 1. The van der Waals surface area contributed by atoms with Crippen molar-refractivity contribution in [2.24, 2.45) is 5.10 Å². The predicted molar refractivity (Wildman–Crippen MR) is 147 cm³/mol. The molecule has 1 heterocycles. The molecule has 0 spiro atoms. The molecule has 198 valence electrons. The number of ether oxygens (including phenoxy) is 2. The van der Waals surface area contributed by atoms with Crippen LogP contribution < -0.4 is 14.5 Å². The van der Waals surface area contributed by atoms with Crippen LogP contribution in [0, 0.1) is 5.82 Å². The second-order valence-corrected chi connectivity index (χ2v) is 10.1. The normalized spacial score (nSPS) is 17.9. The third kappa shape index (κ3) is 5.20. The zero-order chi connectivity index (χ0) is 26.6. The van der Waals surface area contributed by atoms with E-state index < -0.39 is 6.17 Å². The van der Waals surface area contributed by atoms with Crippen molar-refractivity contribution in [3.63, 3.8) is 0 Å². The Morgan fingerprint density at radius 1 is 1.03 bits per heavy atom. The zero-order valence-corrected chi connectivity index (χ0v) is 22.3. The molecular formula is C30H31ClFN3O3. The summed E-state index contributed by atoms with van der Waals surface area (Å²) >= 11 is 6.19. The van der Waals surface area contributed by atoms with Crippen molar-refractivity contribution in [2.45, 2.75) is 57.8 Å². The van der Waals surface area contributed by atoms with Crippen LogP contribution in [0.2, 0.25) is 5.02 Å². The minimum atomic E-state index is -0.469. The lowest BCUT2D eigenvalue weighted by Crippen LogP contribution is -2.45. The van der Waals surface area contributed by atoms with Gasteiger partial charge in [-0.25, -0.2) is 9.40 Å². The molecule has 0 amide bonds.